The van der Waals surface area contributed by atoms with E-state index < -0.39 is 0 Å². The third-order valence-corrected chi connectivity index (χ3v) is 3.97. The minimum atomic E-state index is -0.160. The van der Waals surface area contributed by atoms with E-state index in [1.54, 1.807) is 30.3 Å². The first-order chi connectivity index (χ1) is 9.56. The summed E-state index contributed by atoms with van der Waals surface area (Å²) < 4.78 is 2.66. The van der Waals surface area contributed by atoms with Gasteiger partial charge in [-0.05, 0) is 54.7 Å². The van der Waals surface area contributed by atoms with Crippen molar-refractivity contribution in [3.63, 3.8) is 0 Å². The average Bonchev–Trinajstić information content (AvgIpc) is 2.42. The van der Waals surface area contributed by atoms with E-state index in [4.69, 9.17) is 23.8 Å². The number of aromatic nitrogens is 2. The van der Waals surface area contributed by atoms with Gasteiger partial charge in [0.25, 0.3) is 5.56 Å². The summed E-state index contributed by atoms with van der Waals surface area (Å²) in [5.74, 6) is 0. The van der Waals surface area contributed by atoms with Crippen LogP contribution in [-0.4, -0.2) is 9.55 Å². The van der Waals surface area contributed by atoms with Crippen molar-refractivity contribution in [2.24, 2.45) is 0 Å². The molecule has 0 aliphatic rings. The maximum absolute atomic E-state index is 12.6. The Kier molecular flexibility index (Phi) is 3.50. The highest BCUT2D eigenvalue weighted by atomic mass is 79.9. The lowest BCUT2D eigenvalue weighted by molar-refractivity contribution is 0.940. The third-order valence-electron chi connectivity index (χ3n) is 2.94. The van der Waals surface area contributed by atoms with Crippen LogP contribution in [0.25, 0.3) is 16.6 Å². The fourth-order valence-electron chi connectivity index (χ4n) is 2.01. The van der Waals surface area contributed by atoms with Gasteiger partial charge in [0.15, 0.2) is 4.77 Å². The van der Waals surface area contributed by atoms with Crippen LogP contribution in [0.2, 0.25) is 5.02 Å². The molecule has 0 aliphatic heterocycles. The number of benzene rings is 2. The van der Waals surface area contributed by atoms with Crippen LogP contribution in [0.4, 0.5) is 0 Å². The van der Waals surface area contributed by atoms with Crippen molar-refractivity contribution in [2.75, 3.05) is 0 Å². The Morgan fingerprint density at radius 2 is 1.85 bits per heavy atom. The molecule has 3 aromatic rings. The van der Waals surface area contributed by atoms with Crippen LogP contribution in [0.1, 0.15) is 0 Å². The van der Waals surface area contributed by atoms with Gasteiger partial charge in [0.1, 0.15) is 0 Å². The predicted octanol–water partition coefficient (Wildman–Crippen LogP) is 4.46. The van der Waals surface area contributed by atoms with Crippen molar-refractivity contribution in [3.8, 4) is 5.69 Å². The third kappa shape index (κ3) is 2.32. The van der Waals surface area contributed by atoms with Gasteiger partial charge in [0.05, 0.1) is 16.6 Å². The number of halogens is 2. The molecule has 1 N–H and O–H groups in total. The smallest absolute Gasteiger partial charge is 0.266 e. The Morgan fingerprint density at radius 1 is 1.15 bits per heavy atom. The zero-order valence-corrected chi connectivity index (χ0v) is 13.2. The summed E-state index contributed by atoms with van der Waals surface area (Å²) >= 11 is 14.5. The molecule has 0 fully saturated rings. The zero-order chi connectivity index (χ0) is 14.3. The van der Waals surface area contributed by atoms with Crippen LogP contribution < -0.4 is 5.56 Å². The van der Waals surface area contributed by atoms with Crippen LogP contribution in [0.5, 0.6) is 0 Å². The number of fused-ring (bicyclic) bond motifs is 1. The molecule has 20 heavy (non-hydrogen) atoms. The lowest BCUT2D eigenvalue weighted by Crippen LogP contribution is -2.20. The van der Waals surface area contributed by atoms with Gasteiger partial charge in [-0.1, -0.05) is 27.5 Å². The van der Waals surface area contributed by atoms with Crippen LogP contribution in [-0.2, 0) is 0 Å². The Morgan fingerprint density at radius 3 is 2.55 bits per heavy atom. The second-order valence-corrected chi connectivity index (χ2v) is 5.98. The molecule has 0 radical (unpaired) electrons. The van der Waals surface area contributed by atoms with E-state index in [1.807, 2.05) is 12.1 Å². The minimum Gasteiger partial charge on any atom is -0.331 e. The molecule has 1 aromatic heterocycles. The molecule has 6 heteroatoms. The Balaban J connectivity index is 2.39. The predicted molar refractivity (Wildman–Crippen MR) is 87.4 cm³/mol. The van der Waals surface area contributed by atoms with Crippen LogP contribution >= 0.6 is 39.7 Å². The standard InChI is InChI=1S/C14H8BrClN2OS/c15-8-1-6-12-11(7-8)13(19)18(14(20)17-12)10-4-2-9(16)3-5-10/h1-7H,(H,17,20). The molecule has 0 atom stereocenters. The number of nitrogens with one attached hydrogen (secondary N) is 1. The quantitative estimate of drug-likeness (QED) is 0.645. The second kappa shape index (κ2) is 5.16. The lowest BCUT2D eigenvalue weighted by atomic mass is 10.2. The molecule has 0 unspecified atom stereocenters. The number of hydrogen-bond acceptors (Lipinski definition) is 2. The van der Waals surface area contributed by atoms with Gasteiger partial charge in [-0.2, -0.15) is 0 Å². The first kappa shape index (κ1) is 13.5. The summed E-state index contributed by atoms with van der Waals surface area (Å²) in [7, 11) is 0. The van der Waals surface area contributed by atoms with Crippen LogP contribution in [0.3, 0.4) is 0 Å². The lowest BCUT2D eigenvalue weighted by Gasteiger charge is -2.08. The molecule has 1 heterocycles. The van der Waals surface area contributed by atoms with E-state index in [9.17, 15) is 4.79 Å². The van der Waals surface area contributed by atoms with E-state index in [0.717, 1.165) is 4.47 Å². The van der Waals surface area contributed by atoms with Gasteiger partial charge < -0.3 is 4.98 Å². The first-order valence-electron chi connectivity index (χ1n) is 5.77. The van der Waals surface area contributed by atoms with E-state index in [2.05, 4.69) is 20.9 Å². The summed E-state index contributed by atoms with van der Waals surface area (Å²) in [6.07, 6.45) is 0. The molecular weight excluding hydrogens is 360 g/mol. The largest absolute Gasteiger partial charge is 0.331 e. The van der Waals surface area contributed by atoms with Gasteiger partial charge in [-0.25, -0.2) is 0 Å². The van der Waals surface area contributed by atoms with Crippen molar-refractivity contribution < 1.29 is 0 Å². The molecular formula is C14H8BrClN2OS. The van der Waals surface area contributed by atoms with Gasteiger partial charge in [-0.15, -0.1) is 0 Å². The van der Waals surface area contributed by atoms with Crippen molar-refractivity contribution >= 4 is 50.7 Å². The summed E-state index contributed by atoms with van der Waals surface area (Å²) in [5, 5.41) is 1.18. The van der Waals surface area contributed by atoms with Gasteiger partial charge in [0.2, 0.25) is 0 Å². The highest BCUT2D eigenvalue weighted by molar-refractivity contribution is 9.10. The van der Waals surface area contributed by atoms with Gasteiger partial charge >= 0.3 is 0 Å². The SMILES string of the molecule is O=c1c2cc(Br)ccc2[nH]c(=S)n1-c1ccc(Cl)cc1. The van der Waals surface area contributed by atoms with E-state index in [-0.39, 0.29) is 5.56 Å². The van der Waals surface area contributed by atoms with E-state index in [0.29, 0.717) is 26.4 Å². The maximum Gasteiger partial charge on any atom is 0.266 e. The topological polar surface area (TPSA) is 37.8 Å². The molecule has 2 aromatic carbocycles. The molecule has 3 rings (SSSR count). The first-order valence-corrected chi connectivity index (χ1v) is 7.35. The number of aromatic amines is 1. The van der Waals surface area contributed by atoms with Crippen molar-refractivity contribution in [3.05, 3.63) is 67.1 Å². The van der Waals surface area contributed by atoms with E-state index >= 15 is 0 Å². The fraction of sp³-hybridized carbons (Fsp3) is 0. The molecule has 100 valence electrons. The molecule has 0 saturated heterocycles. The van der Waals surface area contributed by atoms with Crippen LogP contribution in [0, 0.1) is 4.77 Å². The highest BCUT2D eigenvalue weighted by Gasteiger charge is 2.08. The highest BCUT2D eigenvalue weighted by Crippen LogP contribution is 2.17. The summed E-state index contributed by atoms with van der Waals surface area (Å²) in [6, 6.07) is 12.4. The zero-order valence-electron chi connectivity index (χ0n) is 10.1. The fourth-order valence-corrected chi connectivity index (χ4v) is 2.80. The maximum atomic E-state index is 12.6. The average molecular weight is 368 g/mol. The summed E-state index contributed by atoms with van der Waals surface area (Å²) in [5.41, 5.74) is 1.24. The van der Waals surface area contributed by atoms with Crippen molar-refractivity contribution in [2.45, 2.75) is 0 Å². The molecule has 3 nitrogen and oxygen atoms in total. The van der Waals surface area contributed by atoms with Crippen LogP contribution in [0.15, 0.2) is 51.7 Å². The number of nitrogens with zero attached hydrogens (tertiary/aromatic N) is 1. The van der Waals surface area contributed by atoms with E-state index in [1.165, 1.54) is 4.57 Å². The monoisotopic (exact) mass is 366 g/mol. The summed E-state index contributed by atoms with van der Waals surface area (Å²) in [6.45, 7) is 0. The second-order valence-electron chi connectivity index (χ2n) is 4.24. The Bertz CT molecular complexity index is 915. The van der Waals surface area contributed by atoms with Crippen molar-refractivity contribution in [1.29, 1.82) is 0 Å². The molecule has 0 amide bonds. The molecule has 0 bridgehead atoms. The summed E-state index contributed by atoms with van der Waals surface area (Å²) in [4.78, 5) is 15.7. The van der Waals surface area contributed by atoms with Crippen molar-refractivity contribution in [1.82, 2.24) is 9.55 Å². The van der Waals surface area contributed by atoms with Gasteiger partial charge in [0, 0.05) is 9.50 Å². The minimum absolute atomic E-state index is 0.160. The molecule has 0 spiro atoms. The Labute approximate surface area is 133 Å². The Hall–Kier alpha value is -1.43. The number of rotatable bonds is 1. The normalized spacial score (nSPS) is 10.9. The molecule has 0 aliphatic carbocycles. The number of H-pyrrole nitrogens is 1. The number of hydrogen-bond donors (Lipinski definition) is 1. The van der Waals surface area contributed by atoms with Gasteiger partial charge in [-0.3, -0.25) is 9.36 Å². The molecule has 0 saturated carbocycles.